The van der Waals surface area contributed by atoms with Gasteiger partial charge in [-0.15, -0.1) is 0 Å². The van der Waals surface area contributed by atoms with Gasteiger partial charge in [0.25, 0.3) is 0 Å². The summed E-state index contributed by atoms with van der Waals surface area (Å²) in [4.78, 5) is 23.8. The van der Waals surface area contributed by atoms with E-state index in [1.807, 2.05) is 54.6 Å². The van der Waals surface area contributed by atoms with Crippen molar-refractivity contribution in [3.63, 3.8) is 0 Å². The van der Waals surface area contributed by atoms with Crippen molar-refractivity contribution in [2.24, 2.45) is 0 Å². The zero-order chi connectivity index (χ0) is 25.0. The van der Waals surface area contributed by atoms with Gasteiger partial charge in [-0.1, -0.05) is 30.9 Å². The number of carbonyl (C=O) groups excluding carboxylic acids is 1. The molecule has 3 heterocycles. The third kappa shape index (κ3) is 4.66. The van der Waals surface area contributed by atoms with E-state index in [0.29, 0.717) is 24.7 Å². The fraction of sp³-hybridized carbons (Fsp3) is 0.222. The standard InChI is InChI=1S/C27H28N6O3/c1-2-24(35)32-27(10-3-4-11-29-27)22-7-5-6-19-17-28-26(31-25(19)22)30-23-9-8-21(16-20(23)18-34)33-12-14-36-15-13-33/h2-11,16-17,29,34H,1,12-15,18H2,(H,32,35)(H,28,30,31). The van der Waals surface area contributed by atoms with Crippen molar-refractivity contribution in [3.05, 3.63) is 90.8 Å². The summed E-state index contributed by atoms with van der Waals surface area (Å²) in [5.74, 6) is 0.0594. The molecule has 1 unspecified atom stereocenters. The van der Waals surface area contributed by atoms with Gasteiger partial charge in [0.15, 0.2) is 5.66 Å². The maximum atomic E-state index is 12.3. The van der Waals surface area contributed by atoms with Gasteiger partial charge >= 0.3 is 0 Å². The minimum absolute atomic E-state index is 0.128. The summed E-state index contributed by atoms with van der Waals surface area (Å²) in [6, 6.07) is 11.7. The largest absolute Gasteiger partial charge is 0.392 e. The SMILES string of the molecule is C=CC(=O)NC1(c2cccc3cnc(Nc4ccc(N5CCOCC5)cc4CO)nc23)C=CC=CN1. The van der Waals surface area contributed by atoms with Crippen LogP contribution in [0.3, 0.4) is 0 Å². The number of aliphatic hydroxyl groups excluding tert-OH is 1. The molecular weight excluding hydrogens is 456 g/mol. The van der Waals surface area contributed by atoms with Gasteiger partial charge in [-0.2, -0.15) is 0 Å². The van der Waals surface area contributed by atoms with Crippen LogP contribution in [-0.4, -0.2) is 47.3 Å². The number of aliphatic hydroxyl groups is 1. The third-order valence-corrected chi connectivity index (χ3v) is 6.29. The molecular formula is C27H28N6O3. The van der Waals surface area contributed by atoms with Crippen molar-refractivity contribution >= 4 is 34.1 Å². The average molecular weight is 485 g/mol. The minimum Gasteiger partial charge on any atom is -0.392 e. The van der Waals surface area contributed by atoms with Gasteiger partial charge in [0.2, 0.25) is 11.9 Å². The first-order valence-corrected chi connectivity index (χ1v) is 11.8. The Labute approximate surface area is 209 Å². The average Bonchev–Trinajstić information content (AvgIpc) is 2.93. The van der Waals surface area contributed by atoms with Crippen molar-refractivity contribution in [1.29, 1.82) is 0 Å². The first kappa shape index (κ1) is 23.5. The van der Waals surface area contributed by atoms with Crippen LogP contribution in [0.15, 0.2) is 79.7 Å². The van der Waals surface area contributed by atoms with Crippen LogP contribution in [0.1, 0.15) is 11.1 Å². The molecule has 0 bridgehead atoms. The van der Waals surface area contributed by atoms with Crippen LogP contribution in [0.4, 0.5) is 17.3 Å². The van der Waals surface area contributed by atoms with Crippen molar-refractivity contribution in [2.75, 3.05) is 36.5 Å². The minimum atomic E-state index is -0.999. The highest BCUT2D eigenvalue weighted by Crippen LogP contribution is 2.31. The summed E-state index contributed by atoms with van der Waals surface area (Å²) >= 11 is 0. The second-order valence-electron chi connectivity index (χ2n) is 8.52. The van der Waals surface area contributed by atoms with Crippen LogP contribution in [0.5, 0.6) is 0 Å². The van der Waals surface area contributed by atoms with Crippen LogP contribution < -0.4 is 20.9 Å². The molecule has 9 heteroatoms. The molecule has 36 heavy (non-hydrogen) atoms. The summed E-state index contributed by atoms with van der Waals surface area (Å²) in [7, 11) is 0. The number of amides is 1. The number of ether oxygens (including phenoxy) is 1. The van der Waals surface area contributed by atoms with E-state index in [0.717, 1.165) is 41.0 Å². The van der Waals surface area contributed by atoms with Crippen molar-refractivity contribution in [1.82, 2.24) is 20.6 Å². The van der Waals surface area contributed by atoms with E-state index in [2.05, 4.69) is 32.4 Å². The molecule has 0 aliphatic carbocycles. The molecule has 2 aliphatic heterocycles. The van der Waals surface area contributed by atoms with Gasteiger partial charge in [-0.05, 0) is 42.6 Å². The van der Waals surface area contributed by atoms with Crippen LogP contribution in [0.2, 0.25) is 0 Å². The zero-order valence-corrected chi connectivity index (χ0v) is 19.8. The lowest BCUT2D eigenvalue weighted by atomic mass is 9.94. The molecule has 1 saturated heterocycles. The lowest BCUT2D eigenvalue weighted by Crippen LogP contribution is -2.53. The highest BCUT2D eigenvalue weighted by Gasteiger charge is 2.33. The number of para-hydroxylation sites is 1. The topological polar surface area (TPSA) is 112 Å². The molecule has 2 aliphatic rings. The summed E-state index contributed by atoms with van der Waals surface area (Å²) in [5, 5.41) is 20.4. The first-order chi connectivity index (χ1) is 17.6. The first-order valence-electron chi connectivity index (χ1n) is 11.8. The number of hydrogen-bond acceptors (Lipinski definition) is 8. The molecule has 2 aromatic carbocycles. The summed E-state index contributed by atoms with van der Waals surface area (Å²) in [6.07, 6.45) is 10.3. The van der Waals surface area contributed by atoms with Crippen LogP contribution in [0, 0.1) is 0 Å². The molecule has 9 nitrogen and oxygen atoms in total. The Morgan fingerprint density at radius 2 is 2.11 bits per heavy atom. The fourth-order valence-corrected chi connectivity index (χ4v) is 4.45. The van der Waals surface area contributed by atoms with E-state index in [1.165, 1.54) is 6.08 Å². The Kier molecular flexibility index (Phi) is 6.66. The molecule has 0 radical (unpaired) electrons. The van der Waals surface area contributed by atoms with Gasteiger partial charge in [0.05, 0.1) is 25.3 Å². The molecule has 4 N–H and O–H groups in total. The second kappa shape index (κ2) is 10.2. The molecule has 1 amide bonds. The molecule has 184 valence electrons. The lowest BCUT2D eigenvalue weighted by molar-refractivity contribution is -0.118. The van der Waals surface area contributed by atoms with Crippen LogP contribution in [0.25, 0.3) is 10.9 Å². The van der Waals surface area contributed by atoms with E-state index in [4.69, 9.17) is 9.72 Å². The summed E-state index contributed by atoms with van der Waals surface area (Å²) in [6.45, 7) is 6.46. The Morgan fingerprint density at radius 1 is 1.25 bits per heavy atom. The molecule has 1 fully saturated rings. The zero-order valence-electron chi connectivity index (χ0n) is 19.8. The molecule has 3 aromatic rings. The number of morpholine rings is 1. The van der Waals surface area contributed by atoms with E-state index >= 15 is 0 Å². The van der Waals surface area contributed by atoms with Gasteiger partial charge in [-0.3, -0.25) is 4.79 Å². The molecule has 1 aromatic heterocycles. The van der Waals surface area contributed by atoms with Crippen molar-refractivity contribution in [3.8, 4) is 0 Å². The monoisotopic (exact) mass is 484 g/mol. The highest BCUT2D eigenvalue weighted by atomic mass is 16.5. The quantitative estimate of drug-likeness (QED) is 0.379. The number of nitrogens with zero attached hydrogens (tertiary/aromatic N) is 3. The fourth-order valence-electron chi connectivity index (χ4n) is 4.45. The van der Waals surface area contributed by atoms with E-state index < -0.39 is 5.66 Å². The summed E-state index contributed by atoms with van der Waals surface area (Å²) < 4.78 is 5.44. The number of carbonyl (C=O) groups is 1. The Hall–Kier alpha value is -4.21. The number of dihydropyridines is 1. The number of fused-ring (bicyclic) bond motifs is 1. The number of allylic oxidation sites excluding steroid dienone is 2. The smallest absolute Gasteiger partial charge is 0.245 e. The molecule has 0 spiro atoms. The van der Waals surface area contributed by atoms with Gasteiger partial charge in [0.1, 0.15) is 0 Å². The van der Waals surface area contributed by atoms with Gasteiger partial charge < -0.3 is 30.7 Å². The van der Waals surface area contributed by atoms with E-state index in [1.54, 1.807) is 12.4 Å². The Bertz CT molecular complexity index is 1350. The third-order valence-electron chi connectivity index (χ3n) is 6.29. The molecule has 1 atom stereocenters. The predicted molar refractivity (Wildman–Crippen MR) is 140 cm³/mol. The maximum Gasteiger partial charge on any atom is 0.245 e. The number of benzene rings is 2. The number of anilines is 3. The maximum absolute atomic E-state index is 12.3. The number of rotatable bonds is 7. The predicted octanol–water partition coefficient (Wildman–Crippen LogP) is 2.83. The number of aromatic nitrogens is 2. The Morgan fingerprint density at radius 3 is 2.86 bits per heavy atom. The molecule has 0 saturated carbocycles. The van der Waals surface area contributed by atoms with Crippen molar-refractivity contribution in [2.45, 2.75) is 12.3 Å². The normalized spacial score (nSPS) is 19.1. The number of hydrogen-bond donors (Lipinski definition) is 4. The van der Waals surface area contributed by atoms with Gasteiger partial charge in [0, 0.05) is 47.2 Å². The number of nitrogens with one attached hydrogen (secondary N) is 3. The van der Waals surface area contributed by atoms with E-state index in [9.17, 15) is 9.90 Å². The van der Waals surface area contributed by atoms with Crippen LogP contribution >= 0.6 is 0 Å². The van der Waals surface area contributed by atoms with E-state index in [-0.39, 0.29) is 12.5 Å². The summed E-state index contributed by atoms with van der Waals surface area (Å²) in [5.41, 5.74) is 2.93. The highest BCUT2D eigenvalue weighted by molar-refractivity contribution is 5.90. The molecule has 5 rings (SSSR count). The van der Waals surface area contributed by atoms with Gasteiger partial charge in [-0.25, -0.2) is 9.97 Å². The van der Waals surface area contributed by atoms with Crippen molar-refractivity contribution < 1.29 is 14.6 Å². The second-order valence-corrected chi connectivity index (χ2v) is 8.52. The van der Waals surface area contributed by atoms with Crippen LogP contribution in [-0.2, 0) is 21.8 Å². The Balaban J connectivity index is 1.50. The lowest BCUT2D eigenvalue weighted by Gasteiger charge is -2.34.